The van der Waals surface area contributed by atoms with Gasteiger partial charge in [-0.1, -0.05) is 0 Å². The van der Waals surface area contributed by atoms with E-state index in [4.69, 9.17) is 4.74 Å². The van der Waals surface area contributed by atoms with Crippen LogP contribution in [0.2, 0.25) is 0 Å². The Hall–Kier alpha value is -0.650. The maximum absolute atomic E-state index is 11.8. The number of aliphatic carboxylic acids is 1. The molecular weight excluding hydrogens is 244 g/mol. The lowest BCUT2D eigenvalue weighted by molar-refractivity contribution is -0.147. The summed E-state index contributed by atoms with van der Waals surface area (Å²) in [6.07, 6.45) is 2.95. The van der Waals surface area contributed by atoms with Gasteiger partial charge in [-0.3, -0.25) is 10.1 Å². The normalized spacial score (nSPS) is 18.8. The summed E-state index contributed by atoms with van der Waals surface area (Å²) in [4.78, 5) is 13.9. The van der Waals surface area contributed by atoms with E-state index in [0.29, 0.717) is 13.2 Å². The number of hydrogen-bond acceptors (Lipinski definition) is 4. The molecule has 1 atom stereocenters. The van der Waals surface area contributed by atoms with Gasteiger partial charge in [0.05, 0.1) is 0 Å². The molecule has 112 valence electrons. The van der Waals surface area contributed by atoms with Crippen LogP contribution in [0, 0.1) is 5.92 Å². The molecular formula is C14H28N2O3. The van der Waals surface area contributed by atoms with E-state index >= 15 is 0 Å². The minimum Gasteiger partial charge on any atom is -0.480 e. The van der Waals surface area contributed by atoms with Gasteiger partial charge in [0, 0.05) is 32.8 Å². The highest BCUT2D eigenvalue weighted by molar-refractivity contribution is 5.80. The fourth-order valence-electron chi connectivity index (χ4n) is 2.67. The summed E-state index contributed by atoms with van der Waals surface area (Å²) >= 11 is 0. The second-order valence-corrected chi connectivity index (χ2v) is 5.93. The molecule has 0 radical (unpaired) electrons. The number of carboxylic acid groups (broad SMARTS) is 1. The van der Waals surface area contributed by atoms with Gasteiger partial charge in [-0.15, -0.1) is 0 Å². The average molecular weight is 272 g/mol. The van der Waals surface area contributed by atoms with Gasteiger partial charge in [0.2, 0.25) is 0 Å². The lowest BCUT2D eigenvalue weighted by atomic mass is 9.91. The Balaban J connectivity index is 2.64. The van der Waals surface area contributed by atoms with Crippen molar-refractivity contribution in [3.8, 4) is 0 Å². The molecule has 1 saturated carbocycles. The van der Waals surface area contributed by atoms with Crippen molar-refractivity contribution < 1.29 is 14.6 Å². The van der Waals surface area contributed by atoms with Crippen molar-refractivity contribution in [1.82, 2.24) is 10.2 Å². The molecule has 0 saturated heterocycles. The molecule has 19 heavy (non-hydrogen) atoms. The highest BCUT2D eigenvalue weighted by Gasteiger charge is 2.51. The van der Waals surface area contributed by atoms with Crippen LogP contribution < -0.4 is 5.32 Å². The number of nitrogens with one attached hydrogen (secondary N) is 1. The molecule has 0 spiro atoms. The molecule has 2 N–H and O–H groups in total. The topological polar surface area (TPSA) is 61.8 Å². The van der Waals surface area contributed by atoms with Crippen molar-refractivity contribution in [3.63, 3.8) is 0 Å². The van der Waals surface area contributed by atoms with E-state index in [9.17, 15) is 9.90 Å². The maximum Gasteiger partial charge on any atom is 0.325 e. The highest BCUT2D eigenvalue weighted by atomic mass is 16.5. The zero-order chi connectivity index (χ0) is 14.5. The van der Waals surface area contributed by atoms with Crippen LogP contribution in [0.3, 0.4) is 0 Å². The lowest BCUT2D eigenvalue weighted by Crippen LogP contribution is -2.62. The number of nitrogens with zero attached hydrogens (tertiary/aromatic N) is 1. The molecule has 0 aromatic heterocycles. The first-order chi connectivity index (χ1) is 8.92. The molecule has 5 nitrogen and oxygen atoms in total. The molecule has 0 bridgehead atoms. The number of likely N-dealkylation sites (N-methyl/N-ethyl adjacent to an activating group) is 1. The van der Waals surface area contributed by atoms with Crippen molar-refractivity contribution in [3.05, 3.63) is 0 Å². The molecule has 0 aromatic carbocycles. The zero-order valence-electron chi connectivity index (χ0n) is 12.6. The Morgan fingerprint density at radius 2 is 2.16 bits per heavy atom. The smallest absolute Gasteiger partial charge is 0.325 e. The number of rotatable bonds is 10. The Morgan fingerprint density at radius 3 is 2.58 bits per heavy atom. The fraction of sp³-hybridized carbons (Fsp3) is 0.929. The second-order valence-electron chi connectivity index (χ2n) is 5.93. The molecule has 5 heteroatoms. The standard InChI is InChI=1S/C14H28N2O3/c1-11(2)15-14(13(17)18,12-6-7-12)10-16(3)8-5-9-19-4/h11-12,15H,5-10H2,1-4H3,(H,17,18). The Bertz CT molecular complexity index is 292. The van der Waals surface area contributed by atoms with Gasteiger partial charge in [-0.05, 0) is 46.1 Å². The first-order valence-electron chi connectivity index (χ1n) is 7.11. The average Bonchev–Trinajstić information content (AvgIpc) is 3.11. The Kier molecular flexibility index (Phi) is 6.23. The minimum absolute atomic E-state index is 0.170. The van der Waals surface area contributed by atoms with Crippen LogP contribution in [0.4, 0.5) is 0 Å². The molecule has 1 rings (SSSR count). The monoisotopic (exact) mass is 272 g/mol. The van der Waals surface area contributed by atoms with Gasteiger partial charge in [0.15, 0.2) is 0 Å². The van der Waals surface area contributed by atoms with E-state index in [1.54, 1.807) is 7.11 Å². The number of carbonyl (C=O) groups is 1. The van der Waals surface area contributed by atoms with Gasteiger partial charge >= 0.3 is 5.97 Å². The summed E-state index contributed by atoms with van der Waals surface area (Å²) in [7, 11) is 3.67. The summed E-state index contributed by atoms with van der Waals surface area (Å²) in [5.41, 5.74) is -0.796. The zero-order valence-corrected chi connectivity index (χ0v) is 12.6. The van der Waals surface area contributed by atoms with E-state index in [1.807, 2.05) is 20.9 Å². The quantitative estimate of drug-likeness (QED) is 0.585. The van der Waals surface area contributed by atoms with Crippen molar-refractivity contribution in [1.29, 1.82) is 0 Å². The van der Waals surface area contributed by atoms with E-state index in [1.165, 1.54) is 0 Å². The van der Waals surface area contributed by atoms with Gasteiger partial charge in [0.25, 0.3) is 0 Å². The molecule has 0 aliphatic heterocycles. The maximum atomic E-state index is 11.8. The van der Waals surface area contributed by atoms with Gasteiger partial charge in [-0.25, -0.2) is 0 Å². The number of carboxylic acids is 1. The molecule has 0 amide bonds. The van der Waals surface area contributed by atoms with Crippen LogP contribution in [0.5, 0.6) is 0 Å². The fourth-order valence-corrected chi connectivity index (χ4v) is 2.67. The summed E-state index contributed by atoms with van der Waals surface area (Å²) < 4.78 is 5.04. The SMILES string of the molecule is COCCCN(C)CC(NC(C)C)(C(=O)O)C1CC1. The van der Waals surface area contributed by atoms with Gasteiger partial charge < -0.3 is 14.7 Å². The Labute approximate surface area is 116 Å². The molecule has 0 aromatic rings. The largest absolute Gasteiger partial charge is 0.480 e. The second kappa shape index (κ2) is 7.22. The molecule has 1 unspecified atom stereocenters. The Morgan fingerprint density at radius 1 is 1.53 bits per heavy atom. The van der Waals surface area contributed by atoms with Crippen molar-refractivity contribution >= 4 is 5.97 Å². The van der Waals surface area contributed by atoms with Crippen LogP contribution in [0.1, 0.15) is 33.1 Å². The molecule has 1 aliphatic carbocycles. The predicted molar refractivity (Wildman–Crippen MR) is 75.4 cm³/mol. The van der Waals surface area contributed by atoms with E-state index in [2.05, 4.69) is 10.2 Å². The van der Waals surface area contributed by atoms with Crippen molar-refractivity contribution in [2.45, 2.75) is 44.7 Å². The van der Waals surface area contributed by atoms with Crippen LogP contribution in [0.25, 0.3) is 0 Å². The number of hydrogen-bond donors (Lipinski definition) is 2. The first kappa shape index (κ1) is 16.4. The number of ether oxygens (including phenoxy) is 1. The third kappa shape index (κ3) is 4.75. The van der Waals surface area contributed by atoms with Gasteiger partial charge in [0.1, 0.15) is 5.54 Å². The van der Waals surface area contributed by atoms with Crippen LogP contribution >= 0.6 is 0 Å². The van der Waals surface area contributed by atoms with E-state index in [0.717, 1.165) is 25.8 Å². The summed E-state index contributed by atoms with van der Waals surface area (Å²) in [5.74, 6) is -0.459. The third-order valence-corrected chi connectivity index (χ3v) is 3.61. The first-order valence-corrected chi connectivity index (χ1v) is 7.11. The van der Waals surface area contributed by atoms with E-state index < -0.39 is 11.5 Å². The van der Waals surface area contributed by atoms with Gasteiger partial charge in [-0.2, -0.15) is 0 Å². The summed E-state index contributed by atoms with van der Waals surface area (Å²) in [6.45, 7) is 6.13. The summed E-state index contributed by atoms with van der Waals surface area (Å²) in [6, 6.07) is 0.170. The molecule has 0 heterocycles. The van der Waals surface area contributed by atoms with Crippen LogP contribution in [-0.4, -0.2) is 61.4 Å². The van der Waals surface area contributed by atoms with Crippen LogP contribution in [-0.2, 0) is 9.53 Å². The molecule has 1 aliphatic rings. The van der Waals surface area contributed by atoms with E-state index in [-0.39, 0.29) is 12.0 Å². The predicted octanol–water partition coefficient (Wildman–Crippen LogP) is 1.19. The van der Waals surface area contributed by atoms with Crippen molar-refractivity contribution in [2.24, 2.45) is 5.92 Å². The minimum atomic E-state index is -0.796. The summed E-state index contributed by atoms with van der Waals surface area (Å²) in [5, 5.41) is 13.0. The van der Waals surface area contributed by atoms with Crippen molar-refractivity contribution in [2.75, 3.05) is 33.9 Å². The third-order valence-electron chi connectivity index (χ3n) is 3.61. The molecule has 1 fully saturated rings. The number of methoxy groups -OCH3 is 1. The lowest BCUT2D eigenvalue weighted by Gasteiger charge is -2.36. The highest BCUT2D eigenvalue weighted by Crippen LogP contribution is 2.40. The van der Waals surface area contributed by atoms with Crippen LogP contribution in [0.15, 0.2) is 0 Å².